The van der Waals surface area contributed by atoms with Crippen LogP contribution in [0.5, 0.6) is 0 Å². The Labute approximate surface area is 154 Å². The van der Waals surface area contributed by atoms with Gasteiger partial charge in [0.2, 0.25) is 7.37 Å². The van der Waals surface area contributed by atoms with E-state index in [1.807, 2.05) is 0 Å². The number of nitrogens with zero attached hydrogens (tertiary/aromatic N) is 2. The van der Waals surface area contributed by atoms with Crippen molar-refractivity contribution in [2.75, 3.05) is 11.9 Å². The minimum atomic E-state index is -3.78. The van der Waals surface area contributed by atoms with E-state index in [-0.39, 0.29) is 29.1 Å². The Hall–Kier alpha value is -1.66. The van der Waals surface area contributed by atoms with E-state index >= 15 is 0 Å². The van der Waals surface area contributed by atoms with Crippen molar-refractivity contribution in [3.05, 3.63) is 51.9 Å². The first kappa shape index (κ1) is 19.7. The second kappa shape index (κ2) is 8.15. The molecular formula is C15H16Cl2N3O4P. The maximum atomic E-state index is 12.5. The standard InChI is InChI=1S/C15H16Cl2N3O4P/c16-12-4-10(5-13(17)20-12)7-25(23,24)8-11(15(21)22)3-9-1-2-14(18)19-6-9/h1-2,4-6,11H,3,7-8H2,(H2,18,19)(H,21,22)(H,23,24). The number of carbonyl (C=O) groups is 1. The van der Waals surface area contributed by atoms with E-state index in [0.717, 1.165) is 0 Å². The molecule has 0 amide bonds. The minimum absolute atomic E-state index is 0.0744. The summed E-state index contributed by atoms with van der Waals surface area (Å²) in [6.07, 6.45) is 0.907. The van der Waals surface area contributed by atoms with Gasteiger partial charge in [-0.05, 0) is 35.7 Å². The third kappa shape index (κ3) is 6.29. The van der Waals surface area contributed by atoms with Gasteiger partial charge in [-0.25, -0.2) is 9.97 Å². The molecule has 0 aliphatic heterocycles. The van der Waals surface area contributed by atoms with Crippen molar-refractivity contribution < 1.29 is 19.4 Å². The number of pyridine rings is 2. The zero-order chi connectivity index (χ0) is 18.6. The molecule has 7 nitrogen and oxygen atoms in total. The van der Waals surface area contributed by atoms with Crippen molar-refractivity contribution in [2.24, 2.45) is 5.92 Å². The lowest BCUT2D eigenvalue weighted by Gasteiger charge is -2.17. The molecule has 0 bridgehead atoms. The Balaban J connectivity index is 2.12. The Bertz CT molecular complexity index is 797. The Kier molecular flexibility index (Phi) is 6.41. The molecule has 0 aromatic carbocycles. The summed E-state index contributed by atoms with van der Waals surface area (Å²) in [7, 11) is -3.78. The van der Waals surface area contributed by atoms with Crippen LogP contribution in [0, 0.1) is 5.92 Å². The molecule has 0 radical (unpaired) electrons. The van der Waals surface area contributed by atoms with Crippen LogP contribution in [0.1, 0.15) is 11.1 Å². The second-order valence-corrected chi connectivity index (χ2v) is 8.79. The summed E-state index contributed by atoms with van der Waals surface area (Å²) in [4.78, 5) is 29.4. The molecular weight excluding hydrogens is 388 g/mol. The Morgan fingerprint density at radius 1 is 1.24 bits per heavy atom. The number of nitrogen functional groups attached to an aromatic ring is 1. The first-order valence-electron chi connectivity index (χ1n) is 7.20. The van der Waals surface area contributed by atoms with Crippen LogP contribution in [-0.2, 0) is 21.9 Å². The fraction of sp³-hybridized carbons (Fsp3) is 0.267. The van der Waals surface area contributed by atoms with Crippen molar-refractivity contribution >= 4 is 42.4 Å². The van der Waals surface area contributed by atoms with Crippen LogP contribution in [0.3, 0.4) is 0 Å². The molecule has 2 aromatic rings. The molecule has 2 unspecified atom stereocenters. The summed E-state index contributed by atoms with van der Waals surface area (Å²) in [6.45, 7) is 0. The summed E-state index contributed by atoms with van der Waals surface area (Å²) in [5.41, 5.74) is 6.54. The monoisotopic (exact) mass is 403 g/mol. The molecule has 0 fully saturated rings. The van der Waals surface area contributed by atoms with Gasteiger partial charge in [-0.2, -0.15) is 0 Å². The molecule has 0 aliphatic rings. The van der Waals surface area contributed by atoms with Crippen LogP contribution < -0.4 is 5.73 Å². The van der Waals surface area contributed by atoms with Gasteiger partial charge in [0.25, 0.3) is 0 Å². The predicted molar refractivity (Wildman–Crippen MR) is 96.1 cm³/mol. The van der Waals surface area contributed by atoms with Gasteiger partial charge in [-0.3, -0.25) is 9.36 Å². The molecule has 0 aliphatic carbocycles. The normalized spacial score (nSPS) is 14.7. The lowest BCUT2D eigenvalue weighted by molar-refractivity contribution is -0.141. The van der Waals surface area contributed by atoms with Crippen molar-refractivity contribution in [3.8, 4) is 0 Å². The van der Waals surface area contributed by atoms with Gasteiger partial charge in [-0.1, -0.05) is 29.3 Å². The highest BCUT2D eigenvalue weighted by Crippen LogP contribution is 2.47. The van der Waals surface area contributed by atoms with E-state index in [4.69, 9.17) is 28.9 Å². The smallest absolute Gasteiger partial charge is 0.307 e. The predicted octanol–water partition coefficient (Wildman–Crippen LogP) is 3.08. The average molecular weight is 404 g/mol. The molecule has 25 heavy (non-hydrogen) atoms. The van der Waals surface area contributed by atoms with E-state index in [1.165, 1.54) is 18.3 Å². The maximum Gasteiger partial charge on any atom is 0.307 e. The number of nitrogens with two attached hydrogens (primary N) is 1. The molecule has 0 saturated carbocycles. The topological polar surface area (TPSA) is 126 Å². The number of carboxylic acids is 1. The number of carboxylic acid groups (broad SMARTS) is 1. The largest absolute Gasteiger partial charge is 0.481 e. The van der Waals surface area contributed by atoms with Crippen molar-refractivity contribution in [1.82, 2.24) is 9.97 Å². The van der Waals surface area contributed by atoms with Crippen molar-refractivity contribution in [2.45, 2.75) is 12.6 Å². The number of aromatic nitrogens is 2. The number of anilines is 1. The van der Waals surface area contributed by atoms with Crippen LogP contribution >= 0.6 is 30.6 Å². The zero-order valence-corrected chi connectivity index (χ0v) is 15.4. The molecule has 134 valence electrons. The summed E-state index contributed by atoms with van der Waals surface area (Å²) >= 11 is 11.6. The number of hydrogen-bond acceptors (Lipinski definition) is 5. The highest BCUT2D eigenvalue weighted by atomic mass is 35.5. The lowest BCUT2D eigenvalue weighted by atomic mass is 10.0. The van der Waals surface area contributed by atoms with E-state index in [1.54, 1.807) is 12.1 Å². The van der Waals surface area contributed by atoms with Crippen LogP contribution in [0.4, 0.5) is 5.82 Å². The van der Waals surface area contributed by atoms with Crippen molar-refractivity contribution in [3.63, 3.8) is 0 Å². The third-order valence-electron chi connectivity index (χ3n) is 3.44. The van der Waals surface area contributed by atoms with Crippen LogP contribution in [0.15, 0.2) is 30.5 Å². The van der Waals surface area contributed by atoms with Crippen LogP contribution in [0.25, 0.3) is 0 Å². The van der Waals surface area contributed by atoms with Gasteiger partial charge in [-0.15, -0.1) is 0 Å². The Morgan fingerprint density at radius 3 is 2.40 bits per heavy atom. The van der Waals surface area contributed by atoms with Crippen LogP contribution in [-0.4, -0.2) is 32.1 Å². The molecule has 2 rings (SSSR count). The summed E-state index contributed by atoms with van der Waals surface area (Å²) < 4.78 is 12.5. The zero-order valence-electron chi connectivity index (χ0n) is 13.0. The lowest BCUT2D eigenvalue weighted by Crippen LogP contribution is -2.21. The van der Waals surface area contributed by atoms with Gasteiger partial charge in [0.05, 0.1) is 5.92 Å². The fourth-order valence-electron chi connectivity index (χ4n) is 2.37. The summed E-state index contributed by atoms with van der Waals surface area (Å²) in [6, 6.07) is 6.04. The number of rotatable bonds is 7. The number of halogens is 2. The van der Waals surface area contributed by atoms with Gasteiger partial charge in [0.15, 0.2) is 0 Å². The maximum absolute atomic E-state index is 12.5. The average Bonchev–Trinajstić information content (AvgIpc) is 2.46. The highest BCUT2D eigenvalue weighted by Gasteiger charge is 2.29. The van der Waals surface area contributed by atoms with E-state index in [0.29, 0.717) is 16.9 Å². The number of aliphatic carboxylic acids is 1. The van der Waals surface area contributed by atoms with E-state index in [9.17, 15) is 19.4 Å². The van der Waals surface area contributed by atoms with Gasteiger partial charge in [0, 0.05) is 18.5 Å². The first-order chi connectivity index (χ1) is 11.6. The molecule has 2 heterocycles. The highest BCUT2D eigenvalue weighted by molar-refractivity contribution is 7.57. The van der Waals surface area contributed by atoms with Gasteiger partial charge in [0.1, 0.15) is 16.1 Å². The number of hydrogen-bond donors (Lipinski definition) is 3. The Morgan fingerprint density at radius 2 is 1.88 bits per heavy atom. The molecule has 0 spiro atoms. The van der Waals surface area contributed by atoms with Crippen molar-refractivity contribution in [1.29, 1.82) is 0 Å². The quantitative estimate of drug-likeness (QED) is 0.478. The molecule has 2 aromatic heterocycles. The van der Waals surface area contributed by atoms with Gasteiger partial charge < -0.3 is 15.7 Å². The summed E-state index contributed by atoms with van der Waals surface area (Å²) in [5.74, 6) is -1.87. The SMILES string of the molecule is Nc1ccc(CC(CP(=O)(O)Cc2cc(Cl)nc(Cl)c2)C(=O)O)cn1. The van der Waals surface area contributed by atoms with Crippen LogP contribution in [0.2, 0.25) is 10.3 Å². The molecule has 0 saturated heterocycles. The minimum Gasteiger partial charge on any atom is -0.481 e. The second-order valence-electron chi connectivity index (χ2n) is 5.64. The molecule has 10 heteroatoms. The third-order valence-corrected chi connectivity index (χ3v) is 5.69. The van der Waals surface area contributed by atoms with E-state index < -0.39 is 19.3 Å². The molecule has 2 atom stereocenters. The fourth-order valence-corrected chi connectivity index (χ4v) is 4.73. The molecule has 4 N–H and O–H groups in total. The summed E-state index contributed by atoms with van der Waals surface area (Å²) in [5, 5.41) is 9.58. The first-order valence-corrected chi connectivity index (χ1v) is 9.99. The van der Waals surface area contributed by atoms with E-state index in [2.05, 4.69) is 9.97 Å². The van der Waals surface area contributed by atoms with Gasteiger partial charge >= 0.3 is 5.97 Å².